The van der Waals surface area contributed by atoms with Gasteiger partial charge in [0.1, 0.15) is 6.54 Å². The van der Waals surface area contributed by atoms with E-state index >= 15 is 0 Å². The molecule has 0 unspecified atom stereocenters. The topological polar surface area (TPSA) is 12.2 Å². The first kappa shape index (κ1) is 10.4. The molecule has 2 heteroatoms. The van der Waals surface area contributed by atoms with Crippen molar-refractivity contribution in [2.45, 2.75) is 31.5 Å². The Morgan fingerprint density at radius 3 is 3.11 bits per heavy atom. The van der Waals surface area contributed by atoms with E-state index in [0.29, 0.717) is 6.10 Å². The lowest BCUT2D eigenvalue weighted by atomic mass is 9.68. The van der Waals surface area contributed by atoms with Crippen molar-refractivity contribution in [1.82, 2.24) is 0 Å². The van der Waals surface area contributed by atoms with Gasteiger partial charge in [-0.1, -0.05) is 24.3 Å². The van der Waals surface area contributed by atoms with Crippen LogP contribution in [0.15, 0.2) is 36.4 Å². The van der Waals surface area contributed by atoms with Gasteiger partial charge in [-0.3, -0.25) is 0 Å². The Labute approximate surface area is 113 Å². The molecule has 3 atom stereocenters. The molecule has 1 spiro atoms. The molecule has 0 aliphatic carbocycles. The number of benzene rings is 1. The van der Waals surface area contributed by atoms with Crippen molar-refractivity contribution in [2.24, 2.45) is 5.41 Å². The molecule has 5 rings (SSSR count). The van der Waals surface area contributed by atoms with Crippen molar-refractivity contribution in [3.8, 4) is 0 Å². The van der Waals surface area contributed by atoms with Crippen LogP contribution in [0.2, 0.25) is 0 Å². The van der Waals surface area contributed by atoms with Gasteiger partial charge < -0.3 is 4.74 Å². The molecule has 0 amide bonds. The fraction of sp³-hybridized carbons (Fsp3) is 0.471. The maximum absolute atomic E-state index is 6.42. The van der Waals surface area contributed by atoms with Crippen LogP contribution in [0.3, 0.4) is 0 Å². The van der Waals surface area contributed by atoms with E-state index in [4.69, 9.17) is 4.74 Å². The van der Waals surface area contributed by atoms with Crippen LogP contribution in [0, 0.1) is 5.41 Å². The zero-order chi connectivity index (χ0) is 12.7. The lowest BCUT2D eigenvalue weighted by Crippen LogP contribution is -2.46. The average Bonchev–Trinajstić information content (AvgIpc) is 3.01. The summed E-state index contributed by atoms with van der Waals surface area (Å²) in [6.07, 6.45) is 7.30. The fourth-order valence-corrected chi connectivity index (χ4v) is 4.73. The number of ether oxygens (including phenoxy) is 1. The van der Waals surface area contributed by atoms with Gasteiger partial charge in [-0.15, -0.1) is 0 Å². The van der Waals surface area contributed by atoms with Gasteiger partial charge in [0.2, 0.25) is 5.71 Å². The molecule has 0 N–H and O–H groups in total. The number of fused-ring (bicyclic) bond motifs is 3. The standard InChI is InChI=1S/C17H18NO/c1-16-10-13-6-8-17(16,19-13)15-14-5-3-2-4-12(14)7-9-18(15)11-16/h2-6,8,13H,7,9-11H2,1H3/q+1/t13-,16+,17-/m0/s1. The zero-order valence-electron chi connectivity index (χ0n) is 11.2. The van der Waals surface area contributed by atoms with Crippen LogP contribution in [-0.4, -0.2) is 35.1 Å². The molecule has 4 aliphatic rings. The van der Waals surface area contributed by atoms with E-state index in [1.807, 2.05) is 0 Å². The first-order chi connectivity index (χ1) is 9.22. The molecular weight excluding hydrogens is 234 g/mol. The Bertz CT molecular complexity index is 659. The Kier molecular flexibility index (Phi) is 1.65. The van der Waals surface area contributed by atoms with Gasteiger partial charge in [-0.25, -0.2) is 4.58 Å². The molecule has 0 saturated carbocycles. The fourth-order valence-electron chi connectivity index (χ4n) is 4.73. The monoisotopic (exact) mass is 252 g/mol. The molecule has 2 nitrogen and oxygen atoms in total. The predicted molar refractivity (Wildman–Crippen MR) is 73.7 cm³/mol. The van der Waals surface area contributed by atoms with Gasteiger partial charge in [0.15, 0.2) is 12.1 Å². The molecule has 4 aliphatic heterocycles. The second-order valence-electron chi connectivity index (χ2n) is 6.69. The number of nitrogens with zero attached hydrogens (tertiary/aromatic N) is 1. The first-order valence-electron chi connectivity index (χ1n) is 7.30. The van der Waals surface area contributed by atoms with Crippen LogP contribution in [0.5, 0.6) is 0 Å². The van der Waals surface area contributed by atoms with Crippen molar-refractivity contribution >= 4 is 5.71 Å². The van der Waals surface area contributed by atoms with Crippen molar-refractivity contribution in [1.29, 1.82) is 0 Å². The van der Waals surface area contributed by atoms with Crippen LogP contribution in [0.25, 0.3) is 0 Å². The summed E-state index contributed by atoms with van der Waals surface area (Å²) in [6, 6.07) is 8.87. The van der Waals surface area contributed by atoms with Crippen molar-refractivity contribution in [3.05, 3.63) is 47.5 Å². The molecule has 1 aromatic rings. The van der Waals surface area contributed by atoms with E-state index in [1.165, 1.54) is 29.7 Å². The van der Waals surface area contributed by atoms with E-state index < -0.39 is 0 Å². The second-order valence-corrected chi connectivity index (χ2v) is 6.69. The summed E-state index contributed by atoms with van der Waals surface area (Å²) < 4.78 is 9.00. The Morgan fingerprint density at radius 1 is 1.32 bits per heavy atom. The summed E-state index contributed by atoms with van der Waals surface area (Å²) in [6.45, 7) is 4.70. The summed E-state index contributed by atoms with van der Waals surface area (Å²) in [5.41, 5.74) is 4.46. The SMILES string of the molecule is C[C@]12C[C@@H]3C=C[C@]1(O3)C1=[N+](CCc3ccccc31)C2. The van der Waals surface area contributed by atoms with Gasteiger partial charge in [-0.05, 0) is 31.1 Å². The molecule has 1 fully saturated rings. The van der Waals surface area contributed by atoms with E-state index in [2.05, 4.69) is 47.9 Å². The maximum Gasteiger partial charge on any atom is 0.220 e. The quantitative estimate of drug-likeness (QED) is 0.509. The van der Waals surface area contributed by atoms with E-state index in [0.717, 1.165) is 13.1 Å². The summed E-state index contributed by atoms with van der Waals surface area (Å²) in [5, 5.41) is 0. The zero-order valence-corrected chi connectivity index (χ0v) is 11.2. The van der Waals surface area contributed by atoms with E-state index in [1.54, 1.807) is 0 Å². The molecular formula is C17H18NO+. The van der Waals surface area contributed by atoms with E-state index in [-0.39, 0.29) is 11.0 Å². The van der Waals surface area contributed by atoms with Crippen molar-refractivity contribution < 1.29 is 9.31 Å². The minimum absolute atomic E-state index is 0.145. The molecule has 4 heterocycles. The highest BCUT2D eigenvalue weighted by Gasteiger charge is 2.70. The Balaban J connectivity index is 1.80. The summed E-state index contributed by atoms with van der Waals surface area (Å²) in [4.78, 5) is 0. The van der Waals surface area contributed by atoms with Crippen LogP contribution >= 0.6 is 0 Å². The number of hydrogen-bond acceptors (Lipinski definition) is 1. The van der Waals surface area contributed by atoms with Crippen molar-refractivity contribution in [2.75, 3.05) is 13.1 Å². The highest BCUT2D eigenvalue weighted by molar-refractivity contribution is 6.08. The molecule has 1 aromatic carbocycles. The summed E-state index contributed by atoms with van der Waals surface area (Å²) in [7, 11) is 0. The molecule has 0 aromatic heterocycles. The highest BCUT2D eigenvalue weighted by atomic mass is 16.5. The molecule has 19 heavy (non-hydrogen) atoms. The third-order valence-corrected chi connectivity index (χ3v) is 5.56. The van der Waals surface area contributed by atoms with Crippen LogP contribution in [0.4, 0.5) is 0 Å². The Hall–Kier alpha value is -1.41. The second kappa shape index (κ2) is 3.01. The van der Waals surface area contributed by atoms with Crippen molar-refractivity contribution in [3.63, 3.8) is 0 Å². The van der Waals surface area contributed by atoms with Gasteiger partial charge in [0.25, 0.3) is 0 Å². The minimum Gasteiger partial charge on any atom is -0.352 e. The lowest BCUT2D eigenvalue weighted by molar-refractivity contribution is -0.531. The first-order valence-corrected chi connectivity index (χ1v) is 7.30. The maximum atomic E-state index is 6.42. The van der Waals surface area contributed by atoms with Crippen LogP contribution < -0.4 is 0 Å². The van der Waals surface area contributed by atoms with Crippen LogP contribution in [0.1, 0.15) is 24.5 Å². The third kappa shape index (κ3) is 1.03. The lowest BCUT2D eigenvalue weighted by Gasteiger charge is -2.30. The number of hydrogen-bond donors (Lipinski definition) is 0. The molecule has 96 valence electrons. The summed E-state index contributed by atoms with van der Waals surface area (Å²) >= 11 is 0. The molecule has 2 bridgehead atoms. The van der Waals surface area contributed by atoms with E-state index in [9.17, 15) is 0 Å². The highest BCUT2D eigenvalue weighted by Crippen LogP contribution is 2.57. The number of rotatable bonds is 0. The van der Waals surface area contributed by atoms with Gasteiger partial charge >= 0.3 is 0 Å². The average molecular weight is 252 g/mol. The Morgan fingerprint density at radius 2 is 2.21 bits per heavy atom. The smallest absolute Gasteiger partial charge is 0.220 e. The van der Waals surface area contributed by atoms with Crippen LogP contribution in [-0.2, 0) is 11.2 Å². The molecule has 1 saturated heterocycles. The molecule has 0 radical (unpaired) electrons. The minimum atomic E-state index is -0.145. The van der Waals surface area contributed by atoms with Gasteiger partial charge in [0.05, 0.1) is 11.5 Å². The van der Waals surface area contributed by atoms with Gasteiger partial charge in [0, 0.05) is 12.0 Å². The third-order valence-electron chi connectivity index (χ3n) is 5.56. The normalized spacial score (nSPS) is 41.4. The predicted octanol–water partition coefficient (Wildman–Crippen LogP) is 2.16. The largest absolute Gasteiger partial charge is 0.352 e. The van der Waals surface area contributed by atoms with Gasteiger partial charge in [-0.2, -0.15) is 0 Å². The summed E-state index contributed by atoms with van der Waals surface area (Å²) in [5.74, 6) is 0.